The van der Waals surface area contributed by atoms with Crippen molar-refractivity contribution in [1.82, 2.24) is 10.2 Å². The molecule has 0 fully saturated rings. The summed E-state index contributed by atoms with van der Waals surface area (Å²) in [5, 5.41) is 2.91. The van der Waals surface area contributed by atoms with Gasteiger partial charge in [-0.1, -0.05) is 48.9 Å². The number of sulfonamides is 1. The fourth-order valence-electron chi connectivity index (χ4n) is 3.49. The van der Waals surface area contributed by atoms with Gasteiger partial charge in [0.1, 0.15) is 18.3 Å². The fraction of sp³-hybridized carbons (Fsp3) is 0.440. The van der Waals surface area contributed by atoms with Crippen LogP contribution in [0.4, 0.5) is 5.69 Å². The number of carbonyl (C=O) groups is 2. The van der Waals surface area contributed by atoms with Gasteiger partial charge in [-0.15, -0.1) is 0 Å². The first-order valence-corrected chi connectivity index (χ1v) is 13.1. The van der Waals surface area contributed by atoms with Crippen LogP contribution < -0.4 is 14.4 Å². The van der Waals surface area contributed by atoms with Gasteiger partial charge >= 0.3 is 0 Å². The van der Waals surface area contributed by atoms with E-state index in [-0.39, 0.29) is 24.2 Å². The summed E-state index contributed by atoms with van der Waals surface area (Å²) >= 11 is 0. The summed E-state index contributed by atoms with van der Waals surface area (Å²) in [6.07, 6.45) is 1.79. The molecule has 2 atom stereocenters. The molecule has 0 radical (unpaired) electrons. The molecule has 2 aromatic carbocycles. The second-order valence-electron chi connectivity index (χ2n) is 8.45. The van der Waals surface area contributed by atoms with Gasteiger partial charge in [0.05, 0.1) is 19.1 Å². The van der Waals surface area contributed by atoms with Crippen molar-refractivity contribution in [3.63, 3.8) is 0 Å². The zero-order chi connectivity index (χ0) is 25.5. The van der Waals surface area contributed by atoms with Crippen LogP contribution in [-0.2, 0) is 26.2 Å². The zero-order valence-electron chi connectivity index (χ0n) is 20.7. The van der Waals surface area contributed by atoms with E-state index in [1.54, 1.807) is 31.2 Å². The van der Waals surface area contributed by atoms with Crippen molar-refractivity contribution in [3.05, 3.63) is 59.7 Å². The van der Waals surface area contributed by atoms with Crippen molar-refractivity contribution in [2.45, 2.75) is 52.7 Å². The molecule has 0 saturated carbocycles. The minimum Gasteiger partial charge on any atom is -0.495 e. The third-order valence-corrected chi connectivity index (χ3v) is 6.76. The van der Waals surface area contributed by atoms with Crippen LogP contribution in [0.3, 0.4) is 0 Å². The average molecular weight is 490 g/mol. The Morgan fingerprint density at radius 1 is 1.09 bits per heavy atom. The summed E-state index contributed by atoms with van der Waals surface area (Å²) in [5.74, 6) is -0.461. The largest absolute Gasteiger partial charge is 0.495 e. The number of rotatable bonds is 11. The zero-order valence-corrected chi connectivity index (χ0v) is 21.6. The first kappa shape index (κ1) is 27.2. The molecule has 0 aliphatic carbocycles. The van der Waals surface area contributed by atoms with Crippen LogP contribution in [0.2, 0.25) is 0 Å². The molecule has 2 rings (SSSR count). The number of nitrogens with zero attached hydrogens (tertiary/aromatic N) is 2. The molecular weight excluding hydrogens is 454 g/mol. The van der Waals surface area contributed by atoms with Crippen molar-refractivity contribution in [2.75, 3.05) is 24.2 Å². The summed E-state index contributed by atoms with van der Waals surface area (Å²) in [5.41, 5.74) is 2.13. The van der Waals surface area contributed by atoms with E-state index in [1.165, 1.54) is 12.0 Å². The maximum absolute atomic E-state index is 13.6. The van der Waals surface area contributed by atoms with E-state index < -0.39 is 28.5 Å². The Morgan fingerprint density at radius 2 is 1.76 bits per heavy atom. The predicted octanol–water partition coefficient (Wildman–Crippen LogP) is 3.10. The Hall–Kier alpha value is -3.07. The maximum Gasteiger partial charge on any atom is 0.244 e. The van der Waals surface area contributed by atoms with Gasteiger partial charge in [0.2, 0.25) is 21.8 Å². The lowest BCUT2D eigenvalue weighted by Gasteiger charge is -2.32. The van der Waals surface area contributed by atoms with Gasteiger partial charge in [-0.3, -0.25) is 13.9 Å². The molecule has 0 bridgehead atoms. The smallest absolute Gasteiger partial charge is 0.244 e. The third-order valence-electron chi connectivity index (χ3n) is 5.64. The highest BCUT2D eigenvalue weighted by atomic mass is 32.2. The number of amides is 2. The number of para-hydroxylation sites is 2. The van der Waals surface area contributed by atoms with Crippen molar-refractivity contribution < 1.29 is 22.7 Å². The van der Waals surface area contributed by atoms with Gasteiger partial charge in [-0.25, -0.2) is 8.42 Å². The van der Waals surface area contributed by atoms with E-state index in [4.69, 9.17) is 4.74 Å². The Balaban J connectivity index is 2.42. The van der Waals surface area contributed by atoms with Gasteiger partial charge in [0.15, 0.2) is 0 Å². The summed E-state index contributed by atoms with van der Waals surface area (Å²) in [6.45, 7) is 7.15. The number of carbonyl (C=O) groups excluding carboxylic acids is 2. The summed E-state index contributed by atoms with van der Waals surface area (Å²) in [4.78, 5) is 27.9. The molecule has 2 aromatic rings. The molecule has 186 valence electrons. The minimum atomic E-state index is -3.82. The van der Waals surface area contributed by atoms with Gasteiger partial charge in [0, 0.05) is 12.6 Å². The summed E-state index contributed by atoms with van der Waals surface area (Å²) in [6, 6.07) is 13.4. The molecule has 2 amide bonds. The highest BCUT2D eigenvalue weighted by Gasteiger charge is 2.31. The quantitative estimate of drug-likeness (QED) is 0.523. The van der Waals surface area contributed by atoms with Gasteiger partial charge in [-0.2, -0.15) is 0 Å². The fourth-order valence-corrected chi connectivity index (χ4v) is 4.34. The predicted molar refractivity (Wildman–Crippen MR) is 134 cm³/mol. The molecule has 8 nitrogen and oxygen atoms in total. The lowest BCUT2D eigenvalue weighted by atomic mass is 10.1. The lowest BCUT2D eigenvalue weighted by Crippen LogP contribution is -2.52. The lowest BCUT2D eigenvalue weighted by molar-refractivity contribution is -0.139. The van der Waals surface area contributed by atoms with E-state index in [9.17, 15) is 18.0 Å². The van der Waals surface area contributed by atoms with Crippen LogP contribution >= 0.6 is 0 Å². The second kappa shape index (κ2) is 11.9. The van der Waals surface area contributed by atoms with Crippen LogP contribution in [0.15, 0.2) is 48.5 Å². The van der Waals surface area contributed by atoms with E-state index in [1.807, 2.05) is 45.0 Å². The molecule has 9 heteroatoms. The number of hydrogen-bond acceptors (Lipinski definition) is 5. The molecule has 0 aromatic heterocycles. The van der Waals surface area contributed by atoms with E-state index in [0.717, 1.165) is 28.1 Å². The SMILES string of the molecule is CC[C@H](C)NC(=O)[C@@H](C)N(Cc1cccc(C)c1)C(=O)CN(c1ccccc1OC)S(C)(=O)=O. The minimum absolute atomic E-state index is 0.0491. The van der Waals surface area contributed by atoms with Crippen LogP contribution in [0.1, 0.15) is 38.3 Å². The standard InChI is InChI=1S/C25H35N3O5S/c1-7-19(3)26-25(30)20(4)27(16-21-12-10-11-18(2)15-21)24(29)17-28(34(6,31)32)22-13-8-9-14-23(22)33-5/h8-15,19-20H,7,16-17H2,1-6H3,(H,26,30)/t19-,20+/m0/s1. The molecule has 0 saturated heterocycles. The molecule has 0 heterocycles. The van der Waals surface area contributed by atoms with Crippen molar-refractivity contribution >= 4 is 27.5 Å². The highest BCUT2D eigenvalue weighted by molar-refractivity contribution is 7.92. The van der Waals surface area contributed by atoms with Crippen LogP contribution in [0.5, 0.6) is 5.75 Å². The first-order chi connectivity index (χ1) is 16.0. The van der Waals surface area contributed by atoms with Gasteiger partial charge in [-0.05, 0) is 44.9 Å². The van der Waals surface area contributed by atoms with Crippen LogP contribution in [0, 0.1) is 6.92 Å². The monoisotopic (exact) mass is 489 g/mol. The number of benzene rings is 2. The molecule has 0 spiro atoms. The number of nitrogens with one attached hydrogen (secondary N) is 1. The second-order valence-corrected chi connectivity index (χ2v) is 10.4. The average Bonchev–Trinajstić information content (AvgIpc) is 2.79. The molecular formula is C25H35N3O5S. The van der Waals surface area contributed by atoms with Crippen LogP contribution in [-0.4, -0.2) is 57.1 Å². The van der Waals surface area contributed by atoms with E-state index >= 15 is 0 Å². The van der Waals surface area contributed by atoms with Gasteiger partial charge in [0.25, 0.3) is 0 Å². The van der Waals surface area contributed by atoms with Crippen molar-refractivity contribution in [1.29, 1.82) is 0 Å². The number of hydrogen-bond donors (Lipinski definition) is 1. The van der Waals surface area contributed by atoms with Crippen molar-refractivity contribution in [3.8, 4) is 5.75 Å². The molecule has 0 aliphatic rings. The molecule has 0 aliphatic heterocycles. The number of methoxy groups -OCH3 is 1. The van der Waals surface area contributed by atoms with E-state index in [2.05, 4.69) is 5.32 Å². The first-order valence-electron chi connectivity index (χ1n) is 11.2. The third kappa shape index (κ3) is 7.21. The summed E-state index contributed by atoms with van der Waals surface area (Å²) < 4.78 is 31.7. The number of aryl methyl sites for hydroxylation is 1. The van der Waals surface area contributed by atoms with Crippen LogP contribution in [0.25, 0.3) is 0 Å². The Kier molecular flexibility index (Phi) is 9.49. The van der Waals surface area contributed by atoms with E-state index in [0.29, 0.717) is 5.75 Å². The van der Waals surface area contributed by atoms with Crippen molar-refractivity contribution in [2.24, 2.45) is 0 Å². The molecule has 34 heavy (non-hydrogen) atoms. The Labute approximate surface area is 202 Å². The number of anilines is 1. The van der Waals surface area contributed by atoms with Gasteiger partial charge < -0.3 is 15.0 Å². The summed E-state index contributed by atoms with van der Waals surface area (Å²) in [7, 11) is -2.39. The highest BCUT2D eigenvalue weighted by Crippen LogP contribution is 2.29. The normalized spacial score (nSPS) is 13.0. The number of ether oxygens (including phenoxy) is 1. The Morgan fingerprint density at radius 3 is 2.35 bits per heavy atom. The molecule has 0 unspecified atom stereocenters. The topological polar surface area (TPSA) is 96.0 Å². The molecule has 1 N–H and O–H groups in total. The maximum atomic E-state index is 13.6. The Bertz CT molecular complexity index is 1100.